The summed E-state index contributed by atoms with van der Waals surface area (Å²) >= 11 is 3.28. The Morgan fingerprint density at radius 3 is 2.59 bits per heavy atom. The van der Waals surface area contributed by atoms with Crippen LogP contribution in [0.1, 0.15) is 5.82 Å². The lowest BCUT2D eigenvalue weighted by Crippen LogP contribution is -2.05. The Kier molecular flexibility index (Phi) is 3.26. The van der Waals surface area contributed by atoms with Crippen molar-refractivity contribution >= 4 is 15.9 Å². The smallest absolute Gasteiger partial charge is 0.159 e. The largest absolute Gasteiger partial charge is 0.329 e. The fraction of sp³-hybridized carbons (Fsp3) is 0.182. The van der Waals surface area contributed by atoms with Crippen molar-refractivity contribution in [2.75, 3.05) is 0 Å². The maximum Gasteiger partial charge on any atom is 0.159 e. The van der Waals surface area contributed by atoms with E-state index in [4.69, 9.17) is 5.73 Å². The van der Waals surface area contributed by atoms with Crippen LogP contribution in [0, 0.1) is 11.6 Å². The molecule has 0 amide bonds. The van der Waals surface area contributed by atoms with Gasteiger partial charge in [-0.05, 0) is 34.1 Å². The monoisotopic (exact) mass is 301 g/mol. The topological polar surface area (TPSA) is 43.8 Å². The van der Waals surface area contributed by atoms with E-state index in [0.717, 1.165) is 12.1 Å². The average molecular weight is 302 g/mol. The lowest BCUT2D eigenvalue weighted by molar-refractivity contribution is 0.509. The van der Waals surface area contributed by atoms with E-state index in [1.807, 2.05) is 0 Å². The number of imidazole rings is 1. The van der Waals surface area contributed by atoms with Crippen LogP contribution >= 0.6 is 15.9 Å². The van der Waals surface area contributed by atoms with Crippen LogP contribution in [0.4, 0.5) is 8.78 Å². The third-order valence-corrected chi connectivity index (χ3v) is 3.07. The van der Waals surface area contributed by atoms with Crippen molar-refractivity contribution in [3.05, 3.63) is 40.3 Å². The molecule has 0 atom stereocenters. The van der Waals surface area contributed by atoms with E-state index in [1.165, 1.54) is 6.07 Å². The standard InChI is InChI=1S/C11H10BrF2N3/c1-17-9(5-15)16-11(12)10(17)6-2-3-7(13)8(14)4-6/h2-4H,5,15H2,1H3. The van der Waals surface area contributed by atoms with E-state index >= 15 is 0 Å². The predicted octanol–water partition coefficient (Wildman–Crippen LogP) is 2.59. The molecule has 1 aromatic heterocycles. The van der Waals surface area contributed by atoms with Gasteiger partial charge in [-0.25, -0.2) is 13.8 Å². The molecule has 0 saturated carbocycles. The van der Waals surface area contributed by atoms with Gasteiger partial charge in [0.25, 0.3) is 0 Å². The van der Waals surface area contributed by atoms with Gasteiger partial charge in [0, 0.05) is 12.6 Å². The molecule has 17 heavy (non-hydrogen) atoms. The Bertz CT molecular complexity index is 566. The third-order valence-electron chi connectivity index (χ3n) is 2.52. The zero-order valence-electron chi connectivity index (χ0n) is 9.04. The van der Waals surface area contributed by atoms with Crippen LogP contribution in [0.25, 0.3) is 11.3 Å². The van der Waals surface area contributed by atoms with Crippen molar-refractivity contribution in [2.45, 2.75) is 6.54 Å². The zero-order chi connectivity index (χ0) is 12.6. The highest BCUT2D eigenvalue weighted by atomic mass is 79.9. The number of nitrogens with two attached hydrogens (primary N) is 1. The molecule has 1 heterocycles. The van der Waals surface area contributed by atoms with Crippen LogP contribution in [-0.4, -0.2) is 9.55 Å². The fourth-order valence-corrected chi connectivity index (χ4v) is 2.35. The minimum Gasteiger partial charge on any atom is -0.329 e. The lowest BCUT2D eigenvalue weighted by atomic mass is 10.1. The molecule has 0 aliphatic rings. The summed E-state index contributed by atoms with van der Waals surface area (Å²) in [6, 6.07) is 3.73. The summed E-state index contributed by atoms with van der Waals surface area (Å²) in [4.78, 5) is 4.20. The van der Waals surface area contributed by atoms with Crippen molar-refractivity contribution in [3.63, 3.8) is 0 Å². The molecule has 0 aliphatic heterocycles. The molecule has 0 aliphatic carbocycles. The quantitative estimate of drug-likeness (QED) is 0.926. The molecular formula is C11H10BrF2N3. The highest BCUT2D eigenvalue weighted by molar-refractivity contribution is 9.10. The normalized spacial score (nSPS) is 10.9. The number of hydrogen-bond acceptors (Lipinski definition) is 2. The minimum atomic E-state index is -0.884. The molecular weight excluding hydrogens is 292 g/mol. The SMILES string of the molecule is Cn1c(CN)nc(Br)c1-c1ccc(F)c(F)c1. The number of nitrogens with zero attached hydrogens (tertiary/aromatic N) is 2. The molecule has 2 aromatic rings. The van der Waals surface area contributed by atoms with Gasteiger partial charge in [0.15, 0.2) is 11.6 Å². The summed E-state index contributed by atoms with van der Waals surface area (Å²) in [5.41, 5.74) is 6.74. The van der Waals surface area contributed by atoms with Gasteiger partial charge in [0.2, 0.25) is 0 Å². The number of benzene rings is 1. The van der Waals surface area contributed by atoms with Gasteiger partial charge in [0.05, 0.1) is 12.2 Å². The van der Waals surface area contributed by atoms with Crippen LogP contribution in [-0.2, 0) is 13.6 Å². The Morgan fingerprint density at radius 2 is 2.06 bits per heavy atom. The second-order valence-electron chi connectivity index (χ2n) is 3.56. The number of aromatic nitrogens is 2. The summed E-state index contributed by atoms with van der Waals surface area (Å²) in [5.74, 6) is -1.09. The maximum absolute atomic E-state index is 13.2. The average Bonchev–Trinajstić information content (AvgIpc) is 2.58. The first-order valence-corrected chi connectivity index (χ1v) is 5.70. The highest BCUT2D eigenvalue weighted by Gasteiger charge is 2.15. The van der Waals surface area contributed by atoms with Gasteiger partial charge in [-0.1, -0.05) is 0 Å². The van der Waals surface area contributed by atoms with E-state index in [9.17, 15) is 8.78 Å². The Balaban J connectivity index is 2.60. The Morgan fingerprint density at radius 1 is 1.35 bits per heavy atom. The number of halogens is 3. The van der Waals surface area contributed by atoms with Crippen LogP contribution in [0.2, 0.25) is 0 Å². The zero-order valence-corrected chi connectivity index (χ0v) is 10.6. The van der Waals surface area contributed by atoms with Crippen molar-refractivity contribution < 1.29 is 8.78 Å². The van der Waals surface area contributed by atoms with Crippen LogP contribution in [0.15, 0.2) is 22.8 Å². The molecule has 0 bridgehead atoms. The van der Waals surface area contributed by atoms with Crippen molar-refractivity contribution in [3.8, 4) is 11.3 Å². The van der Waals surface area contributed by atoms with E-state index in [1.54, 1.807) is 11.6 Å². The molecule has 0 saturated heterocycles. The third kappa shape index (κ3) is 2.10. The van der Waals surface area contributed by atoms with E-state index in [2.05, 4.69) is 20.9 Å². The van der Waals surface area contributed by atoms with Crippen molar-refractivity contribution in [2.24, 2.45) is 12.8 Å². The van der Waals surface area contributed by atoms with Crippen molar-refractivity contribution in [1.29, 1.82) is 0 Å². The number of rotatable bonds is 2. The van der Waals surface area contributed by atoms with E-state index in [0.29, 0.717) is 21.7 Å². The Labute approximate surface area is 105 Å². The van der Waals surface area contributed by atoms with Crippen molar-refractivity contribution in [1.82, 2.24) is 9.55 Å². The van der Waals surface area contributed by atoms with Gasteiger partial charge in [-0.15, -0.1) is 0 Å². The summed E-state index contributed by atoms with van der Waals surface area (Å²) < 4.78 is 28.3. The second-order valence-corrected chi connectivity index (χ2v) is 4.31. The Hall–Kier alpha value is -1.27. The van der Waals surface area contributed by atoms with E-state index in [-0.39, 0.29) is 6.54 Å². The van der Waals surface area contributed by atoms with Gasteiger partial charge >= 0.3 is 0 Å². The molecule has 3 nitrogen and oxygen atoms in total. The molecule has 1 aromatic carbocycles. The highest BCUT2D eigenvalue weighted by Crippen LogP contribution is 2.29. The fourth-order valence-electron chi connectivity index (χ4n) is 1.65. The molecule has 0 radical (unpaired) electrons. The first-order chi connectivity index (χ1) is 8.04. The minimum absolute atomic E-state index is 0.277. The summed E-state index contributed by atoms with van der Waals surface area (Å²) in [5, 5.41) is 0. The van der Waals surface area contributed by atoms with Gasteiger partial charge in [-0.3, -0.25) is 0 Å². The molecule has 2 N–H and O–H groups in total. The maximum atomic E-state index is 13.2. The van der Waals surface area contributed by atoms with Crippen LogP contribution in [0.5, 0.6) is 0 Å². The summed E-state index contributed by atoms with van der Waals surface area (Å²) in [6.07, 6.45) is 0. The van der Waals surface area contributed by atoms with E-state index < -0.39 is 11.6 Å². The molecule has 0 unspecified atom stereocenters. The van der Waals surface area contributed by atoms with Gasteiger partial charge < -0.3 is 10.3 Å². The first-order valence-electron chi connectivity index (χ1n) is 4.91. The van der Waals surface area contributed by atoms with Gasteiger partial charge in [0.1, 0.15) is 10.4 Å². The molecule has 6 heteroatoms. The summed E-state index contributed by atoms with van der Waals surface area (Å²) in [6.45, 7) is 0.277. The first kappa shape index (κ1) is 12.2. The molecule has 0 fully saturated rings. The summed E-state index contributed by atoms with van der Waals surface area (Å²) in [7, 11) is 1.77. The predicted molar refractivity (Wildman–Crippen MR) is 64.2 cm³/mol. The number of hydrogen-bond donors (Lipinski definition) is 1. The molecule has 2 rings (SSSR count). The second kappa shape index (κ2) is 4.54. The molecule has 0 spiro atoms. The molecule has 90 valence electrons. The lowest BCUT2D eigenvalue weighted by Gasteiger charge is -2.05. The van der Waals surface area contributed by atoms with Crippen LogP contribution < -0.4 is 5.73 Å². The van der Waals surface area contributed by atoms with Gasteiger partial charge in [-0.2, -0.15) is 0 Å². The van der Waals surface area contributed by atoms with Crippen LogP contribution in [0.3, 0.4) is 0 Å².